The molecule has 0 aromatic heterocycles. The summed E-state index contributed by atoms with van der Waals surface area (Å²) in [6.07, 6.45) is 6.71. The topological polar surface area (TPSA) is 114 Å². The van der Waals surface area contributed by atoms with Crippen molar-refractivity contribution in [1.82, 2.24) is 10.6 Å². The van der Waals surface area contributed by atoms with Crippen LogP contribution in [0.5, 0.6) is 0 Å². The Labute approximate surface area is 266 Å². The Bertz CT molecular complexity index is 1110. The van der Waals surface area contributed by atoms with E-state index in [0.717, 1.165) is 29.7 Å². The molecule has 0 radical (unpaired) electrons. The highest BCUT2D eigenvalue weighted by atomic mass is 32.2. The van der Waals surface area contributed by atoms with Crippen molar-refractivity contribution < 1.29 is 29.0 Å². The summed E-state index contributed by atoms with van der Waals surface area (Å²) in [6, 6.07) is 19.5. The maximum Gasteiger partial charge on any atom is 0.309 e. The van der Waals surface area contributed by atoms with Crippen molar-refractivity contribution >= 4 is 29.5 Å². The van der Waals surface area contributed by atoms with Crippen LogP contribution in [0.3, 0.4) is 0 Å². The Kier molecular flexibility index (Phi) is 19.3. The van der Waals surface area contributed by atoms with E-state index in [1.54, 1.807) is 17.8 Å². The number of aliphatic hydroxyl groups excluding tert-OH is 1. The lowest BCUT2D eigenvalue weighted by molar-refractivity contribution is -0.150. The predicted octanol–water partition coefficient (Wildman–Crippen LogP) is 4.87. The minimum atomic E-state index is -0.618. The van der Waals surface area contributed by atoms with E-state index >= 15 is 0 Å². The summed E-state index contributed by atoms with van der Waals surface area (Å²) in [5.74, 6) is -0.485. The van der Waals surface area contributed by atoms with Crippen LogP contribution in [0.4, 0.5) is 0 Å². The van der Waals surface area contributed by atoms with Crippen LogP contribution < -0.4 is 10.6 Å². The molecular weight excluding hydrogens is 576 g/mol. The average Bonchev–Trinajstić information content (AvgIpc) is 3.03. The van der Waals surface area contributed by atoms with E-state index in [9.17, 15) is 14.4 Å². The Morgan fingerprint density at radius 2 is 1.64 bits per heavy atom. The molecule has 240 valence electrons. The SMILES string of the molecule is C=CCCC[C@H](Cc1ccccc1)C(=O)OC[C@H](CSCc1ccccc1)NC(=O)[C@H](CC=C)CC(=O)NCCOCCO. The Hall–Kier alpha value is -3.40. The van der Waals surface area contributed by atoms with Crippen LogP contribution in [0.25, 0.3) is 0 Å². The van der Waals surface area contributed by atoms with Crippen LogP contribution in [-0.4, -0.2) is 67.7 Å². The minimum absolute atomic E-state index is 0.00995. The molecule has 8 nitrogen and oxygen atoms in total. The first-order valence-corrected chi connectivity index (χ1v) is 16.4. The van der Waals surface area contributed by atoms with Gasteiger partial charge in [-0.1, -0.05) is 72.8 Å². The zero-order chi connectivity index (χ0) is 31.8. The first kappa shape index (κ1) is 36.8. The number of rotatable bonds is 24. The molecule has 44 heavy (non-hydrogen) atoms. The predicted molar refractivity (Wildman–Crippen MR) is 177 cm³/mol. The summed E-state index contributed by atoms with van der Waals surface area (Å²) in [6.45, 7) is 8.26. The van der Waals surface area contributed by atoms with Gasteiger partial charge in [-0.05, 0) is 43.2 Å². The fraction of sp³-hybridized carbons (Fsp3) is 0.457. The van der Waals surface area contributed by atoms with Crippen molar-refractivity contribution in [2.75, 3.05) is 38.7 Å². The van der Waals surface area contributed by atoms with E-state index in [4.69, 9.17) is 14.6 Å². The van der Waals surface area contributed by atoms with E-state index in [0.29, 0.717) is 25.0 Å². The quantitative estimate of drug-likeness (QED) is 0.0868. The number of carbonyl (C=O) groups is 3. The molecule has 0 saturated heterocycles. The highest BCUT2D eigenvalue weighted by molar-refractivity contribution is 7.98. The molecule has 2 rings (SSSR count). The van der Waals surface area contributed by atoms with Gasteiger partial charge in [-0.15, -0.1) is 13.2 Å². The second-order valence-electron chi connectivity index (χ2n) is 10.6. The molecule has 0 saturated carbocycles. The van der Waals surface area contributed by atoms with Gasteiger partial charge in [0.1, 0.15) is 6.61 Å². The molecule has 2 aromatic carbocycles. The largest absolute Gasteiger partial charge is 0.463 e. The van der Waals surface area contributed by atoms with Crippen LogP contribution in [-0.2, 0) is 36.0 Å². The fourth-order valence-corrected chi connectivity index (χ4v) is 5.57. The van der Waals surface area contributed by atoms with E-state index in [1.807, 2.05) is 66.7 Å². The van der Waals surface area contributed by atoms with Crippen LogP contribution >= 0.6 is 11.8 Å². The molecule has 3 atom stereocenters. The number of carbonyl (C=O) groups excluding carboxylic acids is 3. The van der Waals surface area contributed by atoms with Gasteiger partial charge in [0.2, 0.25) is 11.8 Å². The third-order valence-electron chi connectivity index (χ3n) is 6.88. The van der Waals surface area contributed by atoms with Crippen LogP contribution in [0.1, 0.15) is 43.2 Å². The van der Waals surface area contributed by atoms with Crippen molar-refractivity contribution in [3.05, 3.63) is 97.1 Å². The summed E-state index contributed by atoms with van der Waals surface area (Å²) in [5.41, 5.74) is 2.23. The molecular formula is C35H48N2O6S. The number of benzene rings is 2. The molecule has 9 heteroatoms. The van der Waals surface area contributed by atoms with Crippen molar-refractivity contribution in [1.29, 1.82) is 0 Å². The number of amides is 2. The Balaban J connectivity index is 2.04. The summed E-state index contributed by atoms with van der Waals surface area (Å²) >= 11 is 1.64. The lowest BCUT2D eigenvalue weighted by Crippen LogP contribution is -2.45. The maximum atomic E-state index is 13.4. The molecule has 0 unspecified atom stereocenters. The molecule has 0 spiro atoms. The summed E-state index contributed by atoms with van der Waals surface area (Å²) < 4.78 is 11.0. The molecule has 0 aliphatic heterocycles. The highest BCUT2D eigenvalue weighted by Gasteiger charge is 2.26. The second kappa shape index (κ2) is 23.0. The van der Waals surface area contributed by atoms with Gasteiger partial charge in [-0.25, -0.2) is 0 Å². The number of nitrogens with one attached hydrogen (secondary N) is 2. The van der Waals surface area contributed by atoms with E-state index < -0.39 is 12.0 Å². The normalized spacial score (nSPS) is 12.8. The van der Waals surface area contributed by atoms with Crippen molar-refractivity contribution in [2.45, 2.75) is 50.3 Å². The second-order valence-corrected chi connectivity index (χ2v) is 11.6. The zero-order valence-electron chi connectivity index (χ0n) is 25.7. The minimum Gasteiger partial charge on any atom is -0.463 e. The molecule has 0 aliphatic rings. The smallest absolute Gasteiger partial charge is 0.309 e. The number of hydrogen-bond acceptors (Lipinski definition) is 7. The van der Waals surface area contributed by atoms with Gasteiger partial charge in [-0.2, -0.15) is 11.8 Å². The van der Waals surface area contributed by atoms with Crippen LogP contribution in [0, 0.1) is 11.8 Å². The summed E-state index contributed by atoms with van der Waals surface area (Å²) in [7, 11) is 0. The third kappa shape index (κ3) is 15.9. The van der Waals surface area contributed by atoms with Crippen molar-refractivity contribution in [2.24, 2.45) is 11.8 Å². The first-order chi connectivity index (χ1) is 21.5. The average molecular weight is 625 g/mol. The van der Waals surface area contributed by atoms with Crippen molar-refractivity contribution in [3.63, 3.8) is 0 Å². The lowest BCUT2D eigenvalue weighted by atomic mass is 9.94. The van der Waals surface area contributed by atoms with Gasteiger partial charge in [0.05, 0.1) is 37.7 Å². The standard InChI is InChI=1S/C35H48N2O6S/c1-3-5-8-18-31(23-28-14-9-6-10-15-28)35(41)43-25-32(27-44-26-29-16-11-7-12-17-29)37-34(40)30(13-4-2)24-33(39)36-19-21-42-22-20-38/h3-4,6-7,9-12,14-17,30-32,38H,1-2,5,8,13,18-27H2,(H,36,39)(H,37,40)/t30-,31-,32-/m1/s1. The maximum absolute atomic E-state index is 13.4. The number of allylic oxidation sites excluding steroid dienone is 2. The highest BCUT2D eigenvalue weighted by Crippen LogP contribution is 2.19. The lowest BCUT2D eigenvalue weighted by Gasteiger charge is -2.23. The number of ether oxygens (including phenoxy) is 2. The fourth-order valence-electron chi connectivity index (χ4n) is 4.56. The van der Waals surface area contributed by atoms with Gasteiger partial charge in [-0.3, -0.25) is 14.4 Å². The van der Waals surface area contributed by atoms with Gasteiger partial charge >= 0.3 is 5.97 Å². The number of unbranched alkanes of at least 4 members (excludes halogenated alkanes) is 1. The molecule has 2 amide bonds. The molecule has 0 heterocycles. The molecule has 3 N–H and O–H groups in total. The van der Waals surface area contributed by atoms with E-state index in [2.05, 4.69) is 23.8 Å². The molecule has 0 fully saturated rings. The van der Waals surface area contributed by atoms with Crippen molar-refractivity contribution in [3.8, 4) is 0 Å². The molecule has 2 aromatic rings. The first-order valence-electron chi connectivity index (χ1n) is 15.3. The van der Waals surface area contributed by atoms with E-state index in [1.165, 1.54) is 0 Å². The number of hydrogen-bond donors (Lipinski definition) is 3. The third-order valence-corrected chi connectivity index (χ3v) is 8.06. The molecule has 0 aliphatic carbocycles. The Morgan fingerprint density at radius 3 is 2.30 bits per heavy atom. The number of esters is 1. The van der Waals surface area contributed by atoms with Crippen LogP contribution in [0.15, 0.2) is 86.0 Å². The van der Waals surface area contributed by atoms with Gasteiger partial charge in [0.15, 0.2) is 0 Å². The summed E-state index contributed by atoms with van der Waals surface area (Å²) in [4.78, 5) is 39.2. The Morgan fingerprint density at radius 1 is 0.932 bits per heavy atom. The van der Waals surface area contributed by atoms with Gasteiger partial charge in [0, 0.05) is 24.5 Å². The van der Waals surface area contributed by atoms with Crippen LogP contribution in [0.2, 0.25) is 0 Å². The van der Waals surface area contributed by atoms with E-state index in [-0.39, 0.29) is 63.1 Å². The molecule has 0 bridgehead atoms. The zero-order valence-corrected chi connectivity index (χ0v) is 26.5. The van der Waals surface area contributed by atoms with Gasteiger partial charge in [0.25, 0.3) is 0 Å². The number of thioether (sulfide) groups is 1. The monoisotopic (exact) mass is 624 g/mol. The summed E-state index contributed by atoms with van der Waals surface area (Å²) in [5, 5.41) is 14.6. The van der Waals surface area contributed by atoms with Gasteiger partial charge < -0.3 is 25.2 Å². The number of aliphatic hydroxyl groups is 1.